The van der Waals surface area contributed by atoms with Gasteiger partial charge in [0.2, 0.25) is 0 Å². The number of aliphatic hydroxyl groups is 1. The van der Waals surface area contributed by atoms with Gasteiger partial charge in [-0.1, -0.05) is 18.6 Å². The van der Waals surface area contributed by atoms with Crippen LogP contribution < -0.4 is 0 Å². The van der Waals surface area contributed by atoms with Gasteiger partial charge >= 0.3 is 11.9 Å². The molecule has 19 heavy (non-hydrogen) atoms. The molecule has 2 N–H and O–H groups in total. The summed E-state index contributed by atoms with van der Waals surface area (Å²) in [4.78, 5) is 22.1. The number of esters is 1. The summed E-state index contributed by atoms with van der Waals surface area (Å²) in [5.74, 6) is -1.45. The highest BCUT2D eigenvalue weighted by atomic mass is 16.5. The van der Waals surface area contributed by atoms with Gasteiger partial charge in [-0.3, -0.25) is 0 Å². The first kappa shape index (κ1) is 17.4. The third kappa shape index (κ3) is 9.02. The number of carboxylic acids is 1. The molecule has 0 unspecified atom stereocenters. The van der Waals surface area contributed by atoms with Crippen LogP contribution in [0.1, 0.15) is 39.5 Å². The molecule has 0 rings (SSSR count). The Morgan fingerprint density at radius 1 is 1.00 bits per heavy atom. The number of ether oxygens (including phenoxy) is 1. The van der Waals surface area contributed by atoms with E-state index in [4.69, 9.17) is 14.9 Å². The van der Waals surface area contributed by atoms with E-state index in [-0.39, 0.29) is 12.2 Å². The predicted octanol–water partition coefficient (Wildman–Crippen LogP) is 2.06. The van der Waals surface area contributed by atoms with Crippen molar-refractivity contribution in [3.05, 3.63) is 23.3 Å². The summed E-state index contributed by atoms with van der Waals surface area (Å²) in [6.45, 7) is 3.58. The second kappa shape index (κ2) is 10.3. The van der Waals surface area contributed by atoms with Gasteiger partial charge < -0.3 is 14.9 Å². The Balaban J connectivity index is 3.97. The fraction of sp³-hybridized carbons (Fsp3) is 0.571. The first-order valence-electron chi connectivity index (χ1n) is 6.35. The van der Waals surface area contributed by atoms with Crippen LogP contribution in [0.25, 0.3) is 0 Å². The molecule has 108 valence electrons. The van der Waals surface area contributed by atoms with E-state index in [9.17, 15) is 9.59 Å². The van der Waals surface area contributed by atoms with Gasteiger partial charge in [0.1, 0.15) is 0 Å². The monoisotopic (exact) mass is 270 g/mol. The van der Waals surface area contributed by atoms with Crippen molar-refractivity contribution >= 4 is 11.9 Å². The first-order valence-corrected chi connectivity index (χ1v) is 6.35. The van der Waals surface area contributed by atoms with Crippen molar-refractivity contribution in [1.29, 1.82) is 0 Å². The van der Waals surface area contributed by atoms with E-state index < -0.39 is 11.9 Å². The molecule has 0 amide bonds. The van der Waals surface area contributed by atoms with Crippen LogP contribution in [0.4, 0.5) is 0 Å². The zero-order chi connectivity index (χ0) is 14.7. The Labute approximate surface area is 113 Å². The quantitative estimate of drug-likeness (QED) is 0.290. The Kier molecular flexibility index (Phi) is 9.44. The molecule has 0 radical (unpaired) electrons. The number of aliphatic carboxylic acids is 1. The molecule has 0 fully saturated rings. The van der Waals surface area contributed by atoms with Crippen molar-refractivity contribution in [1.82, 2.24) is 0 Å². The number of carboxylic acid groups (broad SMARTS) is 1. The van der Waals surface area contributed by atoms with Gasteiger partial charge in [0.15, 0.2) is 0 Å². The summed E-state index contributed by atoms with van der Waals surface area (Å²) in [5, 5.41) is 17.2. The van der Waals surface area contributed by atoms with E-state index in [1.165, 1.54) is 19.1 Å². The summed E-state index contributed by atoms with van der Waals surface area (Å²) in [6, 6.07) is 0. The molecular weight excluding hydrogens is 248 g/mol. The molecule has 0 aromatic heterocycles. The normalized spacial score (nSPS) is 12.4. The molecule has 5 heteroatoms. The Morgan fingerprint density at radius 2 is 1.58 bits per heavy atom. The highest BCUT2D eigenvalue weighted by molar-refractivity contribution is 5.89. The maximum absolute atomic E-state index is 11.5. The van der Waals surface area contributed by atoms with Crippen LogP contribution in [-0.2, 0) is 14.3 Å². The van der Waals surface area contributed by atoms with Gasteiger partial charge in [-0.15, -0.1) is 0 Å². The van der Waals surface area contributed by atoms with Gasteiger partial charge in [-0.05, 0) is 33.1 Å². The number of carbonyl (C=O) groups is 2. The predicted molar refractivity (Wildman–Crippen MR) is 71.7 cm³/mol. The van der Waals surface area contributed by atoms with E-state index in [1.807, 2.05) is 0 Å². The van der Waals surface area contributed by atoms with E-state index in [2.05, 4.69) is 0 Å². The lowest BCUT2D eigenvalue weighted by Crippen LogP contribution is -2.07. The Bertz CT molecular complexity index is 355. The van der Waals surface area contributed by atoms with Crippen molar-refractivity contribution in [3.63, 3.8) is 0 Å². The number of hydrogen-bond donors (Lipinski definition) is 2. The molecule has 0 aromatic carbocycles. The van der Waals surface area contributed by atoms with Gasteiger partial charge in [-0.25, -0.2) is 9.59 Å². The third-order valence-corrected chi connectivity index (χ3v) is 2.53. The smallest absolute Gasteiger partial charge is 0.333 e. The van der Waals surface area contributed by atoms with Crippen LogP contribution in [0.2, 0.25) is 0 Å². The van der Waals surface area contributed by atoms with Crippen LogP contribution in [0, 0.1) is 0 Å². The van der Waals surface area contributed by atoms with Gasteiger partial charge in [0, 0.05) is 17.8 Å². The largest absolute Gasteiger partial charge is 0.478 e. The SMILES string of the molecule is CC(=CC=C(C)C(=O)OCCCCCCO)C(=O)O. The molecule has 0 aliphatic carbocycles. The second-order valence-electron chi connectivity index (χ2n) is 4.28. The van der Waals surface area contributed by atoms with Gasteiger partial charge in [-0.2, -0.15) is 0 Å². The number of hydrogen-bond acceptors (Lipinski definition) is 4. The van der Waals surface area contributed by atoms with E-state index in [0.717, 1.165) is 25.7 Å². The topological polar surface area (TPSA) is 83.8 Å². The van der Waals surface area contributed by atoms with Crippen LogP contribution in [0.15, 0.2) is 23.3 Å². The van der Waals surface area contributed by atoms with Gasteiger partial charge in [0.25, 0.3) is 0 Å². The highest BCUT2D eigenvalue weighted by Gasteiger charge is 2.05. The molecule has 5 nitrogen and oxygen atoms in total. The summed E-state index contributed by atoms with van der Waals surface area (Å²) in [7, 11) is 0. The van der Waals surface area contributed by atoms with Crippen molar-refractivity contribution in [3.8, 4) is 0 Å². The van der Waals surface area contributed by atoms with Crippen LogP contribution in [0.3, 0.4) is 0 Å². The molecule has 0 saturated heterocycles. The minimum Gasteiger partial charge on any atom is -0.478 e. The first-order chi connectivity index (χ1) is 8.99. The minimum atomic E-state index is -1.01. The second-order valence-corrected chi connectivity index (χ2v) is 4.28. The molecule has 0 atom stereocenters. The lowest BCUT2D eigenvalue weighted by molar-refractivity contribution is -0.139. The standard InChI is InChI=1S/C14H22O5/c1-11(13(16)17)7-8-12(2)14(18)19-10-6-4-3-5-9-15/h7-8,15H,3-6,9-10H2,1-2H3,(H,16,17). The lowest BCUT2D eigenvalue weighted by Gasteiger charge is -2.04. The molecular formula is C14H22O5. The fourth-order valence-corrected chi connectivity index (χ4v) is 1.24. The highest BCUT2D eigenvalue weighted by Crippen LogP contribution is 2.03. The Hall–Kier alpha value is -1.62. The molecule has 0 spiro atoms. The molecule has 0 aromatic rings. The number of allylic oxidation sites excluding steroid dienone is 2. The van der Waals surface area contributed by atoms with Crippen LogP contribution in [0.5, 0.6) is 0 Å². The average Bonchev–Trinajstić information content (AvgIpc) is 2.38. The van der Waals surface area contributed by atoms with Crippen molar-refractivity contribution < 1.29 is 24.5 Å². The van der Waals surface area contributed by atoms with E-state index in [0.29, 0.717) is 12.2 Å². The summed E-state index contributed by atoms with van der Waals surface area (Å²) < 4.78 is 5.03. The van der Waals surface area contributed by atoms with Crippen LogP contribution in [-0.4, -0.2) is 35.4 Å². The number of carbonyl (C=O) groups excluding carboxylic acids is 1. The molecule has 0 bridgehead atoms. The van der Waals surface area contributed by atoms with E-state index in [1.54, 1.807) is 6.92 Å². The van der Waals surface area contributed by atoms with Crippen molar-refractivity contribution in [2.75, 3.05) is 13.2 Å². The van der Waals surface area contributed by atoms with Crippen molar-refractivity contribution in [2.24, 2.45) is 0 Å². The van der Waals surface area contributed by atoms with E-state index >= 15 is 0 Å². The number of aliphatic hydroxyl groups excluding tert-OH is 1. The fourth-order valence-electron chi connectivity index (χ4n) is 1.24. The molecule has 0 aliphatic heterocycles. The minimum absolute atomic E-state index is 0.163. The Morgan fingerprint density at radius 3 is 2.16 bits per heavy atom. The van der Waals surface area contributed by atoms with Crippen LogP contribution >= 0.6 is 0 Å². The molecule has 0 saturated carbocycles. The number of unbranched alkanes of at least 4 members (excludes halogenated alkanes) is 3. The summed E-state index contributed by atoms with van der Waals surface area (Å²) >= 11 is 0. The third-order valence-electron chi connectivity index (χ3n) is 2.53. The van der Waals surface area contributed by atoms with Crippen molar-refractivity contribution in [2.45, 2.75) is 39.5 Å². The molecule has 0 aliphatic rings. The average molecular weight is 270 g/mol. The molecule has 0 heterocycles. The lowest BCUT2D eigenvalue weighted by atomic mass is 10.2. The maximum Gasteiger partial charge on any atom is 0.333 e. The van der Waals surface area contributed by atoms with Gasteiger partial charge in [0.05, 0.1) is 6.61 Å². The summed E-state index contributed by atoms with van der Waals surface area (Å²) in [6.07, 6.45) is 6.19. The number of rotatable bonds is 9. The summed E-state index contributed by atoms with van der Waals surface area (Å²) in [5.41, 5.74) is 0.534. The zero-order valence-corrected chi connectivity index (χ0v) is 11.5. The zero-order valence-electron chi connectivity index (χ0n) is 11.5. The maximum atomic E-state index is 11.5.